The van der Waals surface area contributed by atoms with E-state index in [1.165, 1.54) is 0 Å². The highest BCUT2D eigenvalue weighted by atomic mass is 16.1. The number of benzene rings is 1. The third-order valence-corrected chi connectivity index (χ3v) is 4.19. The molecule has 4 nitrogen and oxygen atoms in total. The van der Waals surface area contributed by atoms with E-state index < -0.39 is 0 Å². The Bertz CT molecular complexity index is 444. The van der Waals surface area contributed by atoms with E-state index in [2.05, 4.69) is 24.2 Å². The number of carbonyl (C=O) groups is 1. The molecule has 0 radical (unpaired) electrons. The van der Waals surface area contributed by atoms with E-state index >= 15 is 0 Å². The highest BCUT2D eigenvalue weighted by Gasteiger charge is 2.23. The molecule has 0 saturated carbocycles. The number of anilines is 1. The summed E-state index contributed by atoms with van der Waals surface area (Å²) in [6.07, 6.45) is 3.41. The summed E-state index contributed by atoms with van der Waals surface area (Å²) in [6, 6.07) is 8.62. The van der Waals surface area contributed by atoms with Crippen molar-refractivity contribution in [1.29, 1.82) is 0 Å². The highest BCUT2D eigenvalue weighted by molar-refractivity contribution is 5.76. The van der Waals surface area contributed by atoms with Gasteiger partial charge in [-0.25, -0.2) is 0 Å². The van der Waals surface area contributed by atoms with Gasteiger partial charge < -0.3 is 16.0 Å². The van der Waals surface area contributed by atoms with E-state index in [0.29, 0.717) is 18.5 Å². The molecule has 0 aromatic heterocycles. The van der Waals surface area contributed by atoms with Crippen LogP contribution in [0.1, 0.15) is 31.7 Å². The first kappa shape index (κ1) is 14.9. The van der Waals surface area contributed by atoms with Gasteiger partial charge in [-0.1, -0.05) is 12.1 Å². The van der Waals surface area contributed by atoms with Crippen LogP contribution in [0.4, 0.5) is 5.69 Å². The van der Waals surface area contributed by atoms with E-state index in [1.807, 2.05) is 24.3 Å². The Hall–Kier alpha value is -1.55. The van der Waals surface area contributed by atoms with Gasteiger partial charge in [0, 0.05) is 30.7 Å². The lowest BCUT2D eigenvalue weighted by Gasteiger charge is -2.35. The van der Waals surface area contributed by atoms with Gasteiger partial charge in [-0.15, -0.1) is 0 Å². The minimum atomic E-state index is 0.156. The Morgan fingerprint density at radius 1 is 1.40 bits per heavy atom. The molecule has 20 heavy (non-hydrogen) atoms. The maximum Gasteiger partial charge on any atom is 0.220 e. The number of nitrogen functional groups attached to an aromatic ring is 1. The highest BCUT2D eigenvalue weighted by Crippen LogP contribution is 2.15. The van der Waals surface area contributed by atoms with Gasteiger partial charge in [-0.2, -0.15) is 0 Å². The molecule has 2 unspecified atom stereocenters. The Labute approximate surface area is 121 Å². The fourth-order valence-electron chi connectivity index (χ4n) is 2.66. The Balaban J connectivity index is 1.74. The van der Waals surface area contributed by atoms with Gasteiger partial charge >= 0.3 is 0 Å². The van der Waals surface area contributed by atoms with E-state index in [9.17, 15) is 4.79 Å². The summed E-state index contributed by atoms with van der Waals surface area (Å²) in [5.41, 5.74) is 7.57. The zero-order chi connectivity index (χ0) is 14.5. The van der Waals surface area contributed by atoms with Gasteiger partial charge in [0.25, 0.3) is 0 Å². The molecule has 1 aromatic rings. The molecule has 0 bridgehead atoms. The number of likely N-dealkylation sites (tertiary alicyclic amines) is 1. The van der Waals surface area contributed by atoms with Gasteiger partial charge in [0.2, 0.25) is 5.91 Å². The van der Waals surface area contributed by atoms with Gasteiger partial charge in [0.15, 0.2) is 0 Å². The largest absolute Gasteiger partial charge is 0.399 e. The van der Waals surface area contributed by atoms with Crippen molar-refractivity contribution in [3.05, 3.63) is 29.8 Å². The lowest BCUT2D eigenvalue weighted by atomic mass is 9.98. The topological polar surface area (TPSA) is 58.4 Å². The zero-order valence-electron chi connectivity index (χ0n) is 12.4. The van der Waals surface area contributed by atoms with Crippen LogP contribution in [0.3, 0.4) is 0 Å². The number of nitrogens with zero attached hydrogens (tertiary/aromatic N) is 1. The van der Waals surface area contributed by atoms with E-state index in [1.54, 1.807) is 0 Å². The molecule has 1 heterocycles. The number of rotatable bonds is 4. The molecule has 2 rings (SSSR count). The molecular weight excluding hydrogens is 250 g/mol. The number of aryl methyl sites for hydroxylation is 1. The molecule has 0 aliphatic carbocycles. The molecule has 1 fully saturated rings. The van der Waals surface area contributed by atoms with Crippen LogP contribution in [0.15, 0.2) is 24.3 Å². The number of nitrogens with two attached hydrogens (primary N) is 1. The summed E-state index contributed by atoms with van der Waals surface area (Å²) < 4.78 is 0. The fraction of sp³-hybridized carbons (Fsp3) is 0.562. The van der Waals surface area contributed by atoms with Gasteiger partial charge in [-0.05, 0) is 50.9 Å². The van der Waals surface area contributed by atoms with Crippen LogP contribution in [0.5, 0.6) is 0 Å². The van der Waals surface area contributed by atoms with Crippen LogP contribution in [0.2, 0.25) is 0 Å². The summed E-state index contributed by atoms with van der Waals surface area (Å²) in [7, 11) is 2.14. The standard InChI is InChI=1S/C16H25N3O/c1-12-11-15(9-10-19(12)2)18-16(20)8-5-13-3-6-14(17)7-4-13/h3-4,6-7,12,15H,5,8-11,17H2,1-2H3,(H,18,20). The first-order valence-electron chi connectivity index (χ1n) is 7.38. The van der Waals surface area contributed by atoms with Gasteiger partial charge in [0.05, 0.1) is 0 Å². The Morgan fingerprint density at radius 2 is 2.10 bits per heavy atom. The SMILES string of the molecule is CC1CC(NC(=O)CCc2ccc(N)cc2)CCN1C. The van der Waals surface area contributed by atoms with E-state index in [4.69, 9.17) is 5.73 Å². The van der Waals surface area contributed by atoms with Crippen molar-refractivity contribution in [2.45, 2.75) is 44.7 Å². The quantitative estimate of drug-likeness (QED) is 0.824. The summed E-state index contributed by atoms with van der Waals surface area (Å²) in [5, 5.41) is 3.16. The number of carbonyl (C=O) groups excluding carboxylic acids is 1. The number of amides is 1. The maximum atomic E-state index is 12.0. The van der Waals surface area contributed by atoms with Crippen molar-refractivity contribution in [2.75, 3.05) is 19.3 Å². The molecule has 3 N–H and O–H groups in total. The van der Waals surface area contributed by atoms with Gasteiger partial charge in [-0.3, -0.25) is 4.79 Å². The van der Waals surface area contributed by atoms with Crippen LogP contribution < -0.4 is 11.1 Å². The summed E-state index contributed by atoms with van der Waals surface area (Å²) in [4.78, 5) is 14.3. The smallest absolute Gasteiger partial charge is 0.220 e. The molecule has 4 heteroatoms. The van der Waals surface area contributed by atoms with Crippen molar-refractivity contribution in [1.82, 2.24) is 10.2 Å². The summed E-state index contributed by atoms with van der Waals surface area (Å²) in [5.74, 6) is 0.156. The molecule has 1 aromatic carbocycles. The first-order chi connectivity index (χ1) is 9.54. The Morgan fingerprint density at radius 3 is 2.75 bits per heavy atom. The van der Waals surface area contributed by atoms with Crippen molar-refractivity contribution < 1.29 is 4.79 Å². The van der Waals surface area contributed by atoms with Crippen LogP contribution in [0, 0.1) is 0 Å². The predicted octanol–water partition coefficient (Wildman–Crippen LogP) is 1.80. The molecule has 1 saturated heterocycles. The third kappa shape index (κ3) is 4.23. The molecule has 110 valence electrons. The lowest BCUT2D eigenvalue weighted by Crippen LogP contribution is -2.47. The van der Waals surface area contributed by atoms with Crippen LogP contribution in [0.25, 0.3) is 0 Å². The van der Waals surface area contributed by atoms with Crippen molar-refractivity contribution >= 4 is 11.6 Å². The predicted molar refractivity (Wildman–Crippen MR) is 82.4 cm³/mol. The van der Waals surface area contributed by atoms with Crippen LogP contribution in [-0.2, 0) is 11.2 Å². The third-order valence-electron chi connectivity index (χ3n) is 4.19. The monoisotopic (exact) mass is 275 g/mol. The van der Waals surface area contributed by atoms with E-state index in [-0.39, 0.29) is 5.91 Å². The number of hydrogen-bond acceptors (Lipinski definition) is 3. The van der Waals surface area contributed by atoms with Crippen LogP contribution in [-0.4, -0.2) is 36.5 Å². The van der Waals surface area contributed by atoms with Crippen molar-refractivity contribution in [3.63, 3.8) is 0 Å². The molecule has 1 amide bonds. The number of piperidine rings is 1. The summed E-state index contributed by atoms with van der Waals surface area (Å²) in [6.45, 7) is 3.27. The maximum absolute atomic E-state index is 12.0. The first-order valence-corrected chi connectivity index (χ1v) is 7.38. The van der Waals surface area contributed by atoms with Crippen LogP contribution >= 0.6 is 0 Å². The average Bonchev–Trinajstić information content (AvgIpc) is 2.42. The average molecular weight is 275 g/mol. The molecule has 1 aliphatic rings. The molecule has 2 atom stereocenters. The fourth-order valence-corrected chi connectivity index (χ4v) is 2.66. The lowest BCUT2D eigenvalue weighted by molar-refractivity contribution is -0.122. The second kappa shape index (κ2) is 6.75. The van der Waals surface area contributed by atoms with E-state index in [0.717, 1.165) is 37.1 Å². The minimum Gasteiger partial charge on any atom is -0.399 e. The minimum absolute atomic E-state index is 0.156. The van der Waals surface area contributed by atoms with Crippen molar-refractivity contribution in [2.24, 2.45) is 0 Å². The van der Waals surface area contributed by atoms with Crippen molar-refractivity contribution in [3.8, 4) is 0 Å². The zero-order valence-corrected chi connectivity index (χ0v) is 12.4. The molecule has 1 aliphatic heterocycles. The second-order valence-electron chi connectivity index (χ2n) is 5.86. The number of nitrogens with one attached hydrogen (secondary N) is 1. The molecule has 0 spiro atoms. The Kier molecular flexibility index (Phi) is 5.01. The van der Waals surface area contributed by atoms with Gasteiger partial charge in [0.1, 0.15) is 0 Å². The second-order valence-corrected chi connectivity index (χ2v) is 5.86. The molecular formula is C16H25N3O. The number of hydrogen-bond donors (Lipinski definition) is 2. The normalized spacial score (nSPS) is 23.5. The summed E-state index contributed by atoms with van der Waals surface area (Å²) >= 11 is 0.